The Morgan fingerprint density at radius 2 is 2.06 bits per heavy atom. The summed E-state index contributed by atoms with van der Waals surface area (Å²) < 4.78 is 4.92. The SMILES string of the molecule is CCN(CC)C(=O)CN=C(NN)NCCCOC. The number of likely N-dealkylation sites (N-methyl/N-ethyl adjacent to an activating group) is 1. The third-order valence-electron chi connectivity index (χ3n) is 2.44. The van der Waals surface area contributed by atoms with Gasteiger partial charge in [0, 0.05) is 33.4 Å². The number of carbonyl (C=O) groups excluding carboxylic acids is 1. The van der Waals surface area contributed by atoms with Crippen molar-refractivity contribution in [2.24, 2.45) is 10.8 Å². The number of aliphatic imine (C=N–C) groups is 1. The van der Waals surface area contributed by atoms with Crippen LogP contribution in [0, 0.1) is 0 Å². The number of amides is 1. The minimum Gasteiger partial charge on any atom is -0.385 e. The van der Waals surface area contributed by atoms with Gasteiger partial charge in [-0.15, -0.1) is 0 Å². The first-order valence-electron chi connectivity index (χ1n) is 6.21. The van der Waals surface area contributed by atoms with Gasteiger partial charge in [0.15, 0.2) is 0 Å². The molecule has 0 heterocycles. The molecule has 0 aromatic heterocycles. The van der Waals surface area contributed by atoms with Crippen molar-refractivity contribution in [3.05, 3.63) is 0 Å². The van der Waals surface area contributed by atoms with Gasteiger partial charge in [0.2, 0.25) is 11.9 Å². The summed E-state index contributed by atoms with van der Waals surface area (Å²) >= 11 is 0. The molecule has 0 saturated heterocycles. The van der Waals surface area contributed by atoms with E-state index < -0.39 is 0 Å². The maximum absolute atomic E-state index is 11.7. The van der Waals surface area contributed by atoms with E-state index in [1.807, 2.05) is 13.8 Å². The monoisotopic (exact) mass is 259 g/mol. The standard InChI is InChI=1S/C11H25N5O2/c1-4-16(5-2)10(17)9-14-11(15-12)13-7-6-8-18-3/h4-9,12H2,1-3H3,(H2,13,14,15). The molecule has 4 N–H and O–H groups in total. The molecule has 18 heavy (non-hydrogen) atoms. The van der Waals surface area contributed by atoms with Crippen LogP contribution in [0.5, 0.6) is 0 Å². The maximum Gasteiger partial charge on any atom is 0.244 e. The zero-order chi connectivity index (χ0) is 13.8. The van der Waals surface area contributed by atoms with Crippen molar-refractivity contribution in [3.63, 3.8) is 0 Å². The third kappa shape index (κ3) is 7.08. The lowest BCUT2D eigenvalue weighted by Crippen LogP contribution is -2.43. The molecular weight excluding hydrogens is 234 g/mol. The van der Waals surface area contributed by atoms with Gasteiger partial charge in [-0.1, -0.05) is 0 Å². The minimum absolute atomic E-state index is 0.00792. The quantitative estimate of drug-likeness (QED) is 0.176. The molecule has 0 bridgehead atoms. The molecule has 7 heteroatoms. The molecule has 0 aromatic carbocycles. The summed E-state index contributed by atoms with van der Waals surface area (Å²) in [7, 11) is 1.65. The second-order valence-corrected chi connectivity index (χ2v) is 3.65. The Morgan fingerprint density at radius 1 is 1.39 bits per heavy atom. The summed E-state index contributed by atoms with van der Waals surface area (Å²) in [5.41, 5.74) is 2.44. The van der Waals surface area contributed by atoms with Crippen molar-refractivity contribution >= 4 is 11.9 Å². The molecule has 0 fully saturated rings. The Kier molecular flexibility index (Phi) is 9.99. The zero-order valence-electron chi connectivity index (χ0n) is 11.5. The molecule has 0 aromatic rings. The number of methoxy groups -OCH3 is 1. The van der Waals surface area contributed by atoms with Crippen LogP contribution in [0.15, 0.2) is 4.99 Å². The number of nitrogens with two attached hydrogens (primary N) is 1. The lowest BCUT2D eigenvalue weighted by molar-refractivity contribution is -0.129. The van der Waals surface area contributed by atoms with E-state index in [0.29, 0.717) is 32.2 Å². The van der Waals surface area contributed by atoms with E-state index in [4.69, 9.17) is 10.6 Å². The Balaban J connectivity index is 4.06. The molecule has 0 unspecified atom stereocenters. The van der Waals surface area contributed by atoms with Crippen LogP contribution in [0.4, 0.5) is 0 Å². The molecule has 0 saturated carbocycles. The lowest BCUT2D eigenvalue weighted by atomic mass is 10.4. The Morgan fingerprint density at radius 3 is 2.56 bits per heavy atom. The molecule has 0 aliphatic heterocycles. The predicted molar refractivity (Wildman–Crippen MR) is 72.0 cm³/mol. The van der Waals surface area contributed by atoms with Crippen molar-refractivity contribution in [2.75, 3.05) is 39.9 Å². The number of nitrogens with zero attached hydrogens (tertiary/aromatic N) is 2. The second-order valence-electron chi connectivity index (χ2n) is 3.65. The summed E-state index contributed by atoms with van der Waals surface area (Å²) in [4.78, 5) is 17.5. The highest BCUT2D eigenvalue weighted by atomic mass is 16.5. The molecule has 0 aliphatic rings. The third-order valence-corrected chi connectivity index (χ3v) is 2.44. The number of hydrogen-bond acceptors (Lipinski definition) is 4. The Labute approximate surface area is 109 Å². The van der Waals surface area contributed by atoms with Crippen LogP contribution in [0.25, 0.3) is 0 Å². The first-order chi connectivity index (χ1) is 8.69. The van der Waals surface area contributed by atoms with Crippen molar-refractivity contribution in [1.29, 1.82) is 0 Å². The fourth-order valence-electron chi connectivity index (χ4n) is 1.40. The van der Waals surface area contributed by atoms with E-state index in [-0.39, 0.29) is 12.5 Å². The molecule has 7 nitrogen and oxygen atoms in total. The molecule has 1 amide bonds. The molecule has 0 rings (SSSR count). The van der Waals surface area contributed by atoms with Crippen molar-refractivity contribution in [1.82, 2.24) is 15.6 Å². The van der Waals surface area contributed by atoms with Gasteiger partial charge in [0.25, 0.3) is 0 Å². The van der Waals surface area contributed by atoms with Gasteiger partial charge >= 0.3 is 0 Å². The number of carbonyl (C=O) groups is 1. The average Bonchev–Trinajstić information content (AvgIpc) is 2.39. The lowest BCUT2D eigenvalue weighted by Gasteiger charge is -2.17. The van der Waals surface area contributed by atoms with Gasteiger partial charge in [-0.3, -0.25) is 10.2 Å². The largest absolute Gasteiger partial charge is 0.385 e. The van der Waals surface area contributed by atoms with E-state index in [9.17, 15) is 4.79 Å². The van der Waals surface area contributed by atoms with Gasteiger partial charge in [-0.2, -0.15) is 0 Å². The van der Waals surface area contributed by atoms with Crippen LogP contribution in [0.3, 0.4) is 0 Å². The number of hydrogen-bond donors (Lipinski definition) is 3. The van der Waals surface area contributed by atoms with Crippen molar-refractivity contribution in [2.45, 2.75) is 20.3 Å². The van der Waals surface area contributed by atoms with Crippen LogP contribution >= 0.6 is 0 Å². The summed E-state index contributed by atoms with van der Waals surface area (Å²) in [6, 6.07) is 0. The second kappa shape index (κ2) is 10.8. The maximum atomic E-state index is 11.7. The fourth-order valence-corrected chi connectivity index (χ4v) is 1.40. The van der Waals surface area contributed by atoms with Crippen LogP contribution in [-0.4, -0.2) is 56.7 Å². The summed E-state index contributed by atoms with van der Waals surface area (Å²) in [5, 5.41) is 3.00. The zero-order valence-corrected chi connectivity index (χ0v) is 11.5. The molecule has 0 spiro atoms. The van der Waals surface area contributed by atoms with Crippen molar-refractivity contribution < 1.29 is 9.53 Å². The minimum atomic E-state index is -0.00792. The van der Waals surface area contributed by atoms with Crippen LogP contribution in [0.1, 0.15) is 20.3 Å². The van der Waals surface area contributed by atoms with E-state index in [1.54, 1.807) is 12.0 Å². The highest BCUT2D eigenvalue weighted by Gasteiger charge is 2.08. The molecule has 0 aliphatic carbocycles. The topological polar surface area (TPSA) is 92.0 Å². The molecule has 0 radical (unpaired) electrons. The number of rotatable bonds is 8. The Hall–Kier alpha value is -1.34. The number of ether oxygens (including phenoxy) is 1. The fraction of sp³-hybridized carbons (Fsp3) is 0.818. The smallest absolute Gasteiger partial charge is 0.244 e. The average molecular weight is 259 g/mol. The van der Waals surface area contributed by atoms with E-state index in [0.717, 1.165) is 6.42 Å². The van der Waals surface area contributed by atoms with Crippen LogP contribution in [0.2, 0.25) is 0 Å². The first kappa shape index (κ1) is 16.7. The van der Waals surface area contributed by atoms with E-state index in [2.05, 4.69) is 15.7 Å². The normalized spacial score (nSPS) is 11.2. The molecule has 0 atom stereocenters. The number of hydrazine groups is 1. The van der Waals surface area contributed by atoms with Gasteiger partial charge in [0.1, 0.15) is 6.54 Å². The number of guanidine groups is 1. The summed E-state index contributed by atoms with van der Waals surface area (Å²) in [5.74, 6) is 5.73. The summed E-state index contributed by atoms with van der Waals surface area (Å²) in [6.07, 6.45) is 0.848. The molecule has 106 valence electrons. The van der Waals surface area contributed by atoms with Crippen molar-refractivity contribution in [3.8, 4) is 0 Å². The van der Waals surface area contributed by atoms with Gasteiger partial charge in [-0.05, 0) is 20.3 Å². The van der Waals surface area contributed by atoms with E-state index in [1.165, 1.54) is 0 Å². The van der Waals surface area contributed by atoms with Gasteiger partial charge in [-0.25, -0.2) is 10.8 Å². The highest BCUT2D eigenvalue weighted by Crippen LogP contribution is 1.89. The van der Waals surface area contributed by atoms with Crippen LogP contribution in [-0.2, 0) is 9.53 Å². The van der Waals surface area contributed by atoms with Crippen LogP contribution < -0.4 is 16.6 Å². The van der Waals surface area contributed by atoms with Gasteiger partial charge in [0.05, 0.1) is 0 Å². The predicted octanol–water partition coefficient (Wildman–Crippen LogP) is -0.700. The van der Waals surface area contributed by atoms with Gasteiger partial charge < -0.3 is 15.0 Å². The Bertz CT molecular complexity index is 254. The summed E-state index contributed by atoms with van der Waals surface area (Å²) in [6.45, 7) is 6.72. The molecular formula is C11H25N5O2. The first-order valence-corrected chi connectivity index (χ1v) is 6.21. The highest BCUT2D eigenvalue weighted by molar-refractivity contribution is 5.84. The van der Waals surface area contributed by atoms with E-state index >= 15 is 0 Å². The number of nitrogens with one attached hydrogen (secondary N) is 2.